The van der Waals surface area contributed by atoms with Crippen LogP contribution in [0.25, 0.3) is 10.7 Å². The van der Waals surface area contributed by atoms with Gasteiger partial charge in [0.25, 0.3) is 0 Å². The summed E-state index contributed by atoms with van der Waals surface area (Å²) in [5, 5.41) is 5.00. The van der Waals surface area contributed by atoms with Crippen LogP contribution in [0.4, 0.5) is 5.13 Å². The highest BCUT2D eigenvalue weighted by atomic mass is 32.1. The van der Waals surface area contributed by atoms with E-state index >= 15 is 0 Å². The number of rotatable bonds is 7. The Bertz CT molecular complexity index is 924. The fraction of sp³-hybridized carbons (Fsp3) is 0.278. The van der Waals surface area contributed by atoms with Gasteiger partial charge in [0.2, 0.25) is 5.91 Å². The van der Waals surface area contributed by atoms with E-state index in [1.165, 1.54) is 29.6 Å². The number of anilines is 1. The molecule has 0 N–H and O–H groups in total. The molecular formula is C18H18N4O3S2. The molecule has 0 aliphatic heterocycles. The molecule has 140 valence electrons. The van der Waals surface area contributed by atoms with Gasteiger partial charge in [0.05, 0.1) is 23.5 Å². The van der Waals surface area contributed by atoms with Crippen LogP contribution < -0.4 is 4.90 Å². The average molecular weight is 403 g/mol. The summed E-state index contributed by atoms with van der Waals surface area (Å²) < 4.78 is 5.28. The summed E-state index contributed by atoms with van der Waals surface area (Å²) in [5.74, 6) is -0.441. The largest absolute Gasteiger partial charge is 0.459 e. The van der Waals surface area contributed by atoms with Gasteiger partial charge in [-0.2, -0.15) is 0 Å². The monoisotopic (exact) mass is 402 g/mol. The van der Waals surface area contributed by atoms with Crippen molar-refractivity contribution in [3.05, 3.63) is 46.5 Å². The highest BCUT2D eigenvalue weighted by Crippen LogP contribution is 2.23. The predicted molar refractivity (Wildman–Crippen MR) is 105 cm³/mol. The predicted octanol–water partition coefficient (Wildman–Crippen LogP) is 3.32. The summed E-state index contributed by atoms with van der Waals surface area (Å²) in [6.45, 7) is 4.00. The molecule has 1 amide bonds. The number of esters is 1. The van der Waals surface area contributed by atoms with Gasteiger partial charge >= 0.3 is 5.97 Å². The molecule has 7 nitrogen and oxygen atoms in total. The zero-order valence-corrected chi connectivity index (χ0v) is 16.5. The smallest absolute Gasteiger partial charge is 0.312 e. The van der Waals surface area contributed by atoms with E-state index in [-0.39, 0.29) is 24.9 Å². The second kappa shape index (κ2) is 8.83. The molecule has 0 aliphatic rings. The molecule has 0 unspecified atom stereocenters. The van der Waals surface area contributed by atoms with Crippen molar-refractivity contribution in [1.82, 2.24) is 15.0 Å². The molecular weight excluding hydrogens is 384 g/mol. The van der Waals surface area contributed by atoms with Crippen LogP contribution >= 0.6 is 22.7 Å². The van der Waals surface area contributed by atoms with E-state index in [0.29, 0.717) is 23.1 Å². The maximum absolute atomic E-state index is 12.1. The number of pyridine rings is 1. The van der Waals surface area contributed by atoms with Crippen molar-refractivity contribution < 1.29 is 14.3 Å². The first-order chi connectivity index (χ1) is 13.1. The highest BCUT2D eigenvalue weighted by Gasteiger charge is 2.15. The summed E-state index contributed by atoms with van der Waals surface area (Å²) in [5.41, 5.74) is 2.05. The summed E-state index contributed by atoms with van der Waals surface area (Å²) in [7, 11) is 0. The van der Waals surface area contributed by atoms with E-state index in [0.717, 1.165) is 10.7 Å². The summed E-state index contributed by atoms with van der Waals surface area (Å²) in [6, 6.07) is 5.61. The van der Waals surface area contributed by atoms with Crippen LogP contribution in [-0.4, -0.2) is 33.4 Å². The van der Waals surface area contributed by atoms with Gasteiger partial charge in [-0.1, -0.05) is 6.07 Å². The molecule has 3 aromatic rings. The van der Waals surface area contributed by atoms with Crippen molar-refractivity contribution in [3.8, 4) is 10.7 Å². The Morgan fingerprint density at radius 2 is 1.96 bits per heavy atom. The Balaban J connectivity index is 1.54. The van der Waals surface area contributed by atoms with Crippen LogP contribution in [0.1, 0.15) is 25.2 Å². The Hall–Kier alpha value is -2.65. The van der Waals surface area contributed by atoms with E-state index in [2.05, 4.69) is 15.0 Å². The molecule has 0 saturated carbocycles. The van der Waals surface area contributed by atoms with Gasteiger partial charge in [-0.25, -0.2) is 9.97 Å². The van der Waals surface area contributed by atoms with Crippen LogP contribution in [0, 0.1) is 0 Å². The van der Waals surface area contributed by atoms with Crippen LogP contribution in [0.5, 0.6) is 0 Å². The quantitative estimate of drug-likeness (QED) is 0.564. The number of amides is 1. The molecule has 27 heavy (non-hydrogen) atoms. The number of hydrogen-bond donors (Lipinski definition) is 0. The summed E-state index contributed by atoms with van der Waals surface area (Å²) in [6.07, 6.45) is 1.80. The lowest BCUT2D eigenvalue weighted by molar-refractivity contribution is -0.144. The van der Waals surface area contributed by atoms with Gasteiger partial charge in [-0.3, -0.25) is 19.5 Å². The van der Waals surface area contributed by atoms with Crippen molar-refractivity contribution in [2.45, 2.75) is 26.9 Å². The fourth-order valence-corrected chi connectivity index (χ4v) is 4.04. The topological polar surface area (TPSA) is 85.3 Å². The Morgan fingerprint density at radius 1 is 1.15 bits per heavy atom. The average Bonchev–Trinajstić information content (AvgIpc) is 3.31. The first-order valence-electron chi connectivity index (χ1n) is 8.30. The molecule has 3 rings (SSSR count). The van der Waals surface area contributed by atoms with Crippen LogP contribution in [0.15, 0.2) is 35.2 Å². The fourth-order valence-electron chi connectivity index (χ4n) is 2.33. The van der Waals surface area contributed by atoms with E-state index in [1.807, 2.05) is 30.5 Å². The maximum Gasteiger partial charge on any atom is 0.312 e. The maximum atomic E-state index is 12.1. The normalized spacial score (nSPS) is 10.6. The molecule has 3 aromatic heterocycles. The lowest BCUT2D eigenvalue weighted by atomic mass is 10.3. The first-order valence-corrected chi connectivity index (χ1v) is 10.1. The Kier molecular flexibility index (Phi) is 6.25. The molecule has 0 bridgehead atoms. The number of hydrogen-bond acceptors (Lipinski definition) is 8. The van der Waals surface area contributed by atoms with Gasteiger partial charge in [-0.05, 0) is 19.1 Å². The SMILES string of the molecule is CCN(C(C)=O)c1nc(COC(=O)Cc2csc(-c3ccccn3)n2)cs1. The minimum atomic E-state index is -0.374. The van der Waals surface area contributed by atoms with Gasteiger partial charge in [0.15, 0.2) is 5.13 Å². The number of thiazole rings is 2. The van der Waals surface area contributed by atoms with Crippen LogP contribution in [0.3, 0.4) is 0 Å². The van der Waals surface area contributed by atoms with Gasteiger partial charge in [0.1, 0.15) is 11.6 Å². The molecule has 0 atom stereocenters. The molecule has 0 fully saturated rings. The highest BCUT2D eigenvalue weighted by molar-refractivity contribution is 7.14. The molecule has 9 heteroatoms. The van der Waals surface area contributed by atoms with E-state index in [1.54, 1.807) is 16.5 Å². The molecule has 3 heterocycles. The second-order valence-corrected chi connectivity index (χ2v) is 7.28. The third-order valence-corrected chi connectivity index (χ3v) is 5.44. The second-order valence-electron chi connectivity index (χ2n) is 5.58. The number of nitrogens with zero attached hydrogens (tertiary/aromatic N) is 4. The lowest BCUT2D eigenvalue weighted by Crippen LogP contribution is -2.27. The molecule has 0 aliphatic carbocycles. The number of carbonyl (C=O) groups is 2. The van der Waals surface area contributed by atoms with Crippen molar-refractivity contribution in [2.75, 3.05) is 11.4 Å². The van der Waals surface area contributed by atoms with Crippen molar-refractivity contribution in [3.63, 3.8) is 0 Å². The number of ether oxygens (including phenoxy) is 1. The number of aromatic nitrogens is 3. The minimum Gasteiger partial charge on any atom is -0.459 e. The third kappa shape index (κ3) is 4.95. The molecule has 0 aromatic carbocycles. The molecule has 0 spiro atoms. The van der Waals surface area contributed by atoms with Crippen molar-refractivity contribution in [2.24, 2.45) is 0 Å². The summed E-state index contributed by atoms with van der Waals surface area (Å²) >= 11 is 2.79. The standard InChI is InChI=1S/C18H18N4O3S2/c1-3-22(12(2)23)18-21-14(11-27-18)9-25-16(24)8-13-10-26-17(20-13)15-6-4-5-7-19-15/h4-7,10-11H,3,8-9H2,1-2H3. The molecule has 0 radical (unpaired) electrons. The third-order valence-electron chi connectivity index (χ3n) is 3.61. The zero-order valence-electron chi connectivity index (χ0n) is 14.9. The van der Waals surface area contributed by atoms with Crippen LogP contribution in [-0.2, 0) is 27.4 Å². The number of carbonyl (C=O) groups excluding carboxylic acids is 2. The Labute approximate surface area is 164 Å². The summed E-state index contributed by atoms with van der Waals surface area (Å²) in [4.78, 5) is 38.2. The van der Waals surface area contributed by atoms with Gasteiger partial charge in [0, 0.05) is 30.4 Å². The Morgan fingerprint density at radius 3 is 2.67 bits per heavy atom. The van der Waals surface area contributed by atoms with E-state index < -0.39 is 0 Å². The van der Waals surface area contributed by atoms with E-state index in [4.69, 9.17) is 4.74 Å². The van der Waals surface area contributed by atoms with Crippen molar-refractivity contribution >= 4 is 39.7 Å². The lowest BCUT2D eigenvalue weighted by Gasteiger charge is -2.14. The molecule has 0 saturated heterocycles. The van der Waals surface area contributed by atoms with E-state index in [9.17, 15) is 9.59 Å². The minimum absolute atomic E-state index is 0.0670. The van der Waals surface area contributed by atoms with Crippen molar-refractivity contribution in [1.29, 1.82) is 0 Å². The first kappa shape index (κ1) is 19.1. The zero-order chi connectivity index (χ0) is 19.2. The van der Waals surface area contributed by atoms with Crippen LogP contribution in [0.2, 0.25) is 0 Å². The van der Waals surface area contributed by atoms with Gasteiger partial charge in [-0.15, -0.1) is 22.7 Å². The van der Waals surface area contributed by atoms with Gasteiger partial charge < -0.3 is 4.74 Å².